The first kappa shape index (κ1) is 18.4. The minimum Gasteiger partial charge on any atom is -0.508 e. The molecule has 8 heteroatoms. The summed E-state index contributed by atoms with van der Waals surface area (Å²) in [6.07, 6.45) is 3.28. The van der Waals surface area contributed by atoms with E-state index in [1.807, 2.05) is 16.7 Å². The number of nitrogens with one attached hydrogen (secondary N) is 1. The van der Waals surface area contributed by atoms with Gasteiger partial charge in [0, 0.05) is 17.8 Å². The molecule has 2 heterocycles. The predicted molar refractivity (Wildman–Crippen MR) is 99.6 cm³/mol. The number of fused-ring (bicyclic) bond motifs is 1. The first-order valence-electron chi connectivity index (χ1n) is 7.59. The summed E-state index contributed by atoms with van der Waals surface area (Å²) in [5.74, 6) is 0.305. The van der Waals surface area contributed by atoms with Gasteiger partial charge in [0.25, 0.3) is 0 Å². The molecule has 0 saturated heterocycles. The fourth-order valence-corrected chi connectivity index (χ4v) is 2.79. The molecule has 0 aliphatic heterocycles. The van der Waals surface area contributed by atoms with Crippen LogP contribution >= 0.6 is 24.6 Å². The molecular formula is C16H20ClN5OS. The Labute approximate surface area is 151 Å². The van der Waals surface area contributed by atoms with Crippen LogP contribution in [0.4, 0.5) is 0 Å². The van der Waals surface area contributed by atoms with E-state index in [0.717, 1.165) is 30.0 Å². The summed E-state index contributed by atoms with van der Waals surface area (Å²) in [5.41, 5.74) is 3.27. The highest BCUT2D eigenvalue weighted by atomic mass is 35.5. The van der Waals surface area contributed by atoms with Gasteiger partial charge in [0.2, 0.25) is 0 Å². The van der Waals surface area contributed by atoms with Gasteiger partial charge in [0.1, 0.15) is 23.2 Å². The van der Waals surface area contributed by atoms with E-state index in [-0.39, 0.29) is 12.4 Å². The summed E-state index contributed by atoms with van der Waals surface area (Å²) < 4.78 is 2.39. The molecule has 3 rings (SSSR count). The lowest BCUT2D eigenvalue weighted by Crippen LogP contribution is -2.22. The lowest BCUT2D eigenvalue weighted by molar-refractivity contribution is 0.291. The molecule has 6 nitrogen and oxygen atoms in total. The first-order valence-corrected chi connectivity index (χ1v) is 8.00. The molecule has 24 heavy (non-hydrogen) atoms. The topological polar surface area (TPSA) is 70.0 Å². The maximum Gasteiger partial charge on any atom is 0.157 e. The van der Waals surface area contributed by atoms with Crippen LogP contribution in [0.25, 0.3) is 16.9 Å². The molecule has 0 unspecified atom stereocenters. The molecule has 0 amide bonds. The molecule has 3 aromatic rings. The largest absolute Gasteiger partial charge is 0.508 e. The Hall–Kier alpha value is -1.96. The zero-order chi connectivity index (χ0) is 16.4. The van der Waals surface area contributed by atoms with Crippen molar-refractivity contribution in [3.63, 3.8) is 0 Å². The number of hydrogen-bond acceptors (Lipinski definition) is 5. The van der Waals surface area contributed by atoms with Gasteiger partial charge in [-0.05, 0) is 31.3 Å². The first-order chi connectivity index (χ1) is 11.1. The Morgan fingerprint density at radius 1 is 1.25 bits per heavy atom. The normalized spacial score (nSPS) is 11.0. The second-order valence-corrected chi connectivity index (χ2v) is 5.68. The van der Waals surface area contributed by atoms with Gasteiger partial charge < -0.3 is 10.1 Å². The van der Waals surface area contributed by atoms with Crippen molar-refractivity contribution in [1.82, 2.24) is 24.4 Å². The Kier molecular flexibility index (Phi) is 5.93. The van der Waals surface area contributed by atoms with Crippen molar-refractivity contribution in [1.29, 1.82) is 0 Å². The molecule has 2 aromatic heterocycles. The fraction of sp³-hybridized carbons (Fsp3) is 0.312. The van der Waals surface area contributed by atoms with Gasteiger partial charge in [-0.25, -0.2) is 9.97 Å². The number of aromatic amines is 1. The van der Waals surface area contributed by atoms with E-state index >= 15 is 0 Å². The number of aromatic nitrogens is 4. The molecule has 0 radical (unpaired) electrons. The van der Waals surface area contributed by atoms with Crippen molar-refractivity contribution in [3.05, 3.63) is 41.1 Å². The van der Waals surface area contributed by atoms with Crippen molar-refractivity contribution in [2.75, 3.05) is 13.1 Å². The van der Waals surface area contributed by atoms with Crippen molar-refractivity contribution >= 4 is 35.8 Å². The second kappa shape index (κ2) is 7.74. The molecule has 1 aromatic carbocycles. The number of nitrogens with zero attached hydrogens (tertiary/aromatic N) is 4. The van der Waals surface area contributed by atoms with Gasteiger partial charge in [-0.15, -0.1) is 12.4 Å². The van der Waals surface area contributed by atoms with E-state index in [2.05, 4.69) is 33.7 Å². The third kappa shape index (κ3) is 3.43. The monoisotopic (exact) mass is 365 g/mol. The number of phenolic OH excluding ortho intramolecular Hbond substituents is 1. The number of halogens is 1. The summed E-state index contributed by atoms with van der Waals surface area (Å²) in [5, 5.41) is 10.1. The lowest BCUT2D eigenvalue weighted by atomic mass is 10.1. The Morgan fingerprint density at radius 2 is 2.00 bits per heavy atom. The van der Waals surface area contributed by atoms with E-state index in [0.29, 0.717) is 22.5 Å². The van der Waals surface area contributed by atoms with Crippen LogP contribution in [0.2, 0.25) is 0 Å². The zero-order valence-electron chi connectivity index (χ0n) is 13.6. The minimum absolute atomic E-state index is 0. The van der Waals surface area contributed by atoms with Crippen LogP contribution in [-0.2, 0) is 6.54 Å². The number of rotatable bonds is 5. The van der Waals surface area contributed by atoms with Crippen molar-refractivity contribution in [2.24, 2.45) is 0 Å². The van der Waals surface area contributed by atoms with E-state index in [9.17, 15) is 5.11 Å². The summed E-state index contributed by atoms with van der Waals surface area (Å²) in [6.45, 7) is 6.80. The summed E-state index contributed by atoms with van der Waals surface area (Å²) in [6, 6.07) is 5.56. The minimum atomic E-state index is 0. The van der Waals surface area contributed by atoms with E-state index in [4.69, 9.17) is 12.2 Å². The maximum absolute atomic E-state index is 10.1. The molecule has 0 bridgehead atoms. The van der Waals surface area contributed by atoms with Crippen LogP contribution in [0.5, 0.6) is 5.75 Å². The Balaban J connectivity index is 0.00000208. The van der Waals surface area contributed by atoms with Gasteiger partial charge in [-0.1, -0.05) is 26.1 Å². The number of imidazole rings is 1. The highest BCUT2D eigenvalue weighted by Gasteiger charge is 2.11. The number of phenols is 1. The van der Waals surface area contributed by atoms with Crippen LogP contribution in [0.1, 0.15) is 19.4 Å². The zero-order valence-corrected chi connectivity index (χ0v) is 15.2. The van der Waals surface area contributed by atoms with Gasteiger partial charge >= 0.3 is 0 Å². The Morgan fingerprint density at radius 3 is 2.71 bits per heavy atom. The quantitative estimate of drug-likeness (QED) is 0.678. The molecular weight excluding hydrogens is 346 g/mol. The van der Waals surface area contributed by atoms with Gasteiger partial charge in [0.15, 0.2) is 4.64 Å². The molecule has 2 N–H and O–H groups in total. The van der Waals surface area contributed by atoms with Gasteiger partial charge in [-0.2, -0.15) is 0 Å². The Bertz CT molecular complexity index is 888. The van der Waals surface area contributed by atoms with E-state index < -0.39 is 0 Å². The SMILES string of the molecule is CCN(CC)Cc1cc(-n2cnc3c(=S)nc[nH]c32)ccc1O.Cl. The average Bonchev–Trinajstić information content (AvgIpc) is 2.99. The van der Waals surface area contributed by atoms with E-state index in [1.54, 1.807) is 18.7 Å². The van der Waals surface area contributed by atoms with Crippen LogP contribution in [0.15, 0.2) is 30.9 Å². The molecule has 0 aliphatic rings. The molecule has 0 spiro atoms. The molecule has 0 fully saturated rings. The van der Waals surface area contributed by atoms with Gasteiger partial charge in [0.05, 0.1) is 6.33 Å². The highest BCUT2D eigenvalue weighted by Crippen LogP contribution is 2.24. The van der Waals surface area contributed by atoms with Crippen molar-refractivity contribution in [3.8, 4) is 11.4 Å². The van der Waals surface area contributed by atoms with Crippen LogP contribution in [0, 0.1) is 4.64 Å². The highest BCUT2D eigenvalue weighted by molar-refractivity contribution is 7.71. The average molecular weight is 366 g/mol. The molecule has 0 aliphatic carbocycles. The number of benzene rings is 1. The summed E-state index contributed by atoms with van der Waals surface area (Å²) in [4.78, 5) is 13.7. The van der Waals surface area contributed by atoms with E-state index in [1.165, 1.54) is 0 Å². The maximum atomic E-state index is 10.1. The lowest BCUT2D eigenvalue weighted by Gasteiger charge is -2.19. The summed E-state index contributed by atoms with van der Waals surface area (Å²) in [7, 11) is 0. The van der Waals surface area contributed by atoms with Crippen LogP contribution < -0.4 is 0 Å². The van der Waals surface area contributed by atoms with Crippen molar-refractivity contribution < 1.29 is 5.11 Å². The summed E-state index contributed by atoms with van der Waals surface area (Å²) >= 11 is 5.20. The number of H-pyrrole nitrogens is 1. The fourth-order valence-electron chi connectivity index (χ4n) is 2.59. The third-order valence-electron chi connectivity index (χ3n) is 3.98. The standard InChI is InChI=1S/C16H19N5OS.ClH/c1-3-20(4-2)8-11-7-12(5-6-13(11)22)21-10-19-14-15(21)17-9-18-16(14)23;/h5-7,9-10,22H,3-4,8H2,1-2H3,(H,17,18,23);1H. The van der Waals surface area contributed by atoms with Crippen LogP contribution in [0.3, 0.4) is 0 Å². The number of hydrogen-bond donors (Lipinski definition) is 2. The number of aromatic hydroxyl groups is 1. The van der Waals surface area contributed by atoms with Crippen LogP contribution in [-0.4, -0.2) is 42.6 Å². The third-order valence-corrected chi connectivity index (χ3v) is 4.28. The second-order valence-electron chi connectivity index (χ2n) is 5.29. The molecule has 0 saturated carbocycles. The van der Waals surface area contributed by atoms with Gasteiger partial charge in [-0.3, -0.25) is 9.47 Å². The molecule has 128 valence electrons. The van der Waals surface area contributed by atoms with Crippen molar-refractivity contribution in [2.45, 2.75) is 20.4 Å². The predicted octanol–water partition coefficient (Wildman–Crippen LogP) is 3.45. The smallest absolute Gasteiger partial charge is 0.157 e. The molecule has 0 atom stereocenters.